The van der Waals surface area contributed by atoms with Crippen LogP contribution in [-0.2, 0) is 4.74 Å². The van der Waals surface area contributed by atoms with Gasteiger partial charge in [0.05, 0.1) is 31.0 Å². The smallest absolute Gasteiger partial charge is 0.337 e. The van der Waals surface area contributed by atoms with Gasteiger partial charge in [0.15, 0.2) is 0 Å². The van der Waals surface area contributed by atoms with E-state index < -0.39 is 5.97 Å². The number of esters is 1. The zero-order valence-electron chi connectivity index (χ0n) is 15.6. The van der Waals surface area contributed by atoms with E-state index >= 15 is 0 Å². The topological polar surface area (TPSA) is 90.1 Å². The van der Waals surface area contributed by atoms with Gasteiger partial charge >= 0.3 is 5.97 Å². The molecule has 0 aliphatic rings. The van der Waals surface area contributed by atoms with Crippen molar-refractivity contribution in [1.82, 2.24) is 5.43 Å². The summed E-state index contributed by atoms with van der Waals surface area (Å²) < 4.78 is 15.5. The number of hydrogen-bond donors (Lipinski definition) is 1. The fourth-order valence-electron chi connectivity index (χ4n) is 2.49. The number of ether oxygens (including phenoxy) is 2. The van der Waals surface area contributed by atoms with Gasteiger partial charge < -0.3 is 13.9 Å². The van der Waals surface area contributed by atoms with Crippen molar-refractivity contribution in [3.05, 3.63) is 76.5 Å². The van der Waals surface area contributed by atoms with Crippen molar-refractivity contribution in [3.63, 3.8) is 0 Å². The Morgan fingerprint density at radius 1 is 1.03 bits per heavy atom. The van der Waals surface area contributed by atoms with Crippen molar-refractivity contribution in [2.45, 2.75) is 0 Å². The Morgan fingerprint density at radius 3 is 2.45 bits per heavy atom. The molecular weight excluding hydrogens is 396 g/mol. The molecule has 0 spiro atoms. The highest BCUT2D eigenvalue weighted by Crippen LogP contribution is 2.30. The van der Waals surface area contributed by atoms with Crippen molar-refractivity contribution in [3.8, 4) is 17.1 Å². The standard InChI is InChI=1S/C21H17ClN2O5/c1-27-15-6-3-13(4-7-15)20(25)24-23-12-16-8-10-19(29-16)17-11-14(21(26)28-2)5-9-18(17)22/h3-12H,1-2H3,(H,24,25)/b23-12-. The highest BCUT2D eigenvalue weighted by molar-refractivity contribution is 6.33. The lowest BCUT2D eigenvalue weighted by molar-refractivity contribution is 0.0600. The number of rotatable bonds is 6. The molecule has 0 radical (unpaired) electrons. The molecule has 3 rings (SSSR count). The van der Waals surface area contributed by atoms with Gasteiger partial charge in [0.2, 0.25) is 0 Å². The summed E-state index contributed by atoms with van der Waals surface area (Å²) in [5.74, 6) is 0.656. The molecule has 1 N–H and O–H groups in total. The third-order valence-corrected chi connectivity index (χ3v) is 4.32. The molecule has 0 aliphatic carbocycles. The molecule has 29 heavy (non-hydrogen) atoms. The molecule has 0 unspecified atom stereocenters. The summed E-state index contributed by atoms with van der Waals surface area (Å²) in [4.78, 5) is 23.8. The maximum Gasteiger partial charge on any atom is 0.337 e. The van der Waals surface area contributed by atoms with Crippen LogP contribution in [0.4, 0.5) is 0 Å². The first-order valence-corrected chi connectivity index (χ1v) is 8.85. The summed E-state index contributed by atoms with van der Waals surface area (Å²) in [6.45, 7) is 0. The third-order valence-electron chi connectivity index (χ3n) is 3.99. The molecule has 1 amide bonds. The number of nitrogens with one attached hydrogen (secondary N) is 1. The summed E-state index contributed by atoms with van der Waals surface area (Å²) in [5.41, 5.74) is 3.75. The van der Waals surface area contributed by atoms with Crippen LogP contribution in [0.25, 0.3) is 11.3 Å². The molecule has 7 nitrogen and oxygen atoms in total. The first kappa shape index (κ1) is 20.2. The van der Waals surface area contributed by atoms with Crippen LogP contribution in [0.2, 0.25) is 5.02 Å². The molecular formula is C21H17ClN2O5. The largest absolute Gasteiger partial charge is 0.497 e. The molecule has 0 aliphatic heterocycles. The predicted molar refractivity (Wildman–Crippen MR) is 109 cm³/mol. The number of amides is 1. The molecule has 8 heteroatoms. The van der Waals surface area contributed by atoms with Gasteiger partial charge in [-0.05, 0) is 54.6 Å². The number of furan rings is 1. The molecule has 1 aromatic heterocycles. The number of methoxy groups -OCH3 is 2. The SMILES string of the molecule is COC(=O)c1ccc(Cl)c(-c2ccc(/C=N\NC(=O)c3ccc(OC)cc3)o2)c1. The lowest BCUT2D eigenvalue weighted by Gasteiger charge is -2.04. The normalized spacial score (nSPS) is 10.7. The summed E-state index contributed by atoms with van der Waals surface area (Å²) >= 11 is 6.21. The number of hydrazone groups is 1. The highest BCUT2D eigenvalue weighted by atomic mass is 35.5. The average Bonchev–Trinajstić information content (AvgIpc) is 3.22. The van der Waals surface area contributed by atoms with Crippen LogP contribution < -0.4 is 10.2 Å². The van der Waals surface area contributed by atoms with E-state index in [9.17, 15) is 9.59 Å². The van der Waals surface area contributed by atoms with Crippen molar-refractivity contribution in [2.24, 2.45) is 5.10 Å². The molecule has 3 aromatic rings. The molecule has 0 saturated carbocycles. The zero-order chi connectivity index (χ0) is 20.8. The van der Waals surface area contributed by atoms with E-state index in [4.69, 9.17) is 25.5 Å². The fourth-order valence-corrected chi connectivity index (χ4v) is 2.70. The molecule has 0 saturated heterocycles. The van der Waals surface area contributed by atoms with E-state index in [1.165, 1.54) is 13.3 Å². The maximum atomic E-state index is 12.1. The molecule has 148 valence electrons. The molecule has 0 fully saturated rings. The van der Waals surface area contributed by atoms with Gasteiger partial charge in [-0.25, -0.2) is 10.2 Å². The van der Waals surface area contributed by atoms with Crippen molar-refractivity contribution >= 4 is 29.7 Å². The summed E-state index contributed by atoms with van der Waals surface area (Å²) in [6.07, 6.45) is 1.36. The Labute approximate surface area is 171 Å². The second kappa shape index (κ2) is 9.07. The number of benzene rings is 2. The Hall–Kier alpha value is -3.58. The number of nitrogens with zero attached hydrogens (tertiary/aromatic N) is 1. The van der Waals surface area contributed by atoms with Crippen LogP contribution in [0.15, 0.2) is 64.1 Å². The maximum absolute atomic E-state index is 12.1. The third kappa shape index (κ3) is 4.83. The minimum atomic E-state index is -0.475. The van der Waals surface area contributed by atoms with Gasteiger partial charge in [-0.1, -0.05) is 11.6 Å². The van der Waals surface area contributed by atoms with Gasteiger partial charge in [-0.3, -0.25) is 4.79 Å². The molecule has 1 heterocycles. The van der Waals surface area contributed by atoms with Crippen molar-refractivity contribution < 1.29 is 23.5 Å². The Balaban J connectivity index is 1.70. The first-order chi connectivity index (χ1) is 14.0. The van der Waals surface area contributed by atoms with Crippen molar-refractivity contribution in [2.75, 3.05) is 14.2 Å². The van der Waals surface area contributed by atoms with Gasteiger partial charge in [-0.2, -0.15) is 5.10 Å². The van der Waals surface area contributed by atoms with Gasteiger partial charge in [0.1, 0.15) is 17.3 Å². The van der Waals surface area contributed by atoms with E-state index in [1.807, 2.05) is 0 Å². The summed E-state index contributed by atoms with van der Waals surface area (Å²) in [6, 6.07) is 14.7. The Bertz CT molecular complexity index is 1060. The number of halogens is 1. The van der Waals surface area contributed by atoms with E-state index in [1.54, 1.807) is 61.7 Å². The van der Waals surface area contributed by atoms with Gasteiger partial charge in [0, 0.05) is 11.1 Å². The molecule has 2 aromatic carbocycles. The average molecular weight is 413 g/mol. The molecule has 0 bridgehead atoms. The Morgan fingerprint density at radius 2 is 1.76 bits per heavy atom. The van der Waals surface area contributed by atoms with Crippen LogP contribution in [0.3, 0.4) is 0 Å². The monoisotopic (exact) mass is 412 g/mol. The minimum Gasteiger partial charge on any atom is -0.497 e. The number of carbonyl (C=O) groups is 2. The lowest BCUT2D eigenvalue weighted by Crippen LogP contribution is -2.17. The predicted octanol–water partition coefficient (Wildman–Crippen LogP) is 4.16. The fraction of sp³-hybridized carbons (Fsp3) is 0.0952. The second-order valence-corrected chi connectivity index (χ2v) is 6.22. The van der Waals surface area contributed by atoms with Crippen LogP contribution >= 0.6 is 11.6 Å². The van der Waals surface area contributed by atoms with Crippen LogP contribution in [0.1, 0.15) is 26.5 Å². The number of carbonyl (C=O) groups excluding carboxylic acids is 2. The van der Waals surface area contributed by atoms with Crippen LogP contribution in [0.5, 0.6) is 5.75 Å². The van der Waals surface area contributed by atoms with Gasteiger partial charge in [0.25, 0.3) is 5.91 Å². The second-order valence-electron chi connectivity index (χ2n) is 5.82. The van der Waals surface area contributed by atoms with E-state index in [0.717, 1.165) is 0 Å². The Kier molecular flexibility index (Phi) is 6.31. The minimum absolute atomic E-state index is 0.352. The first-order valence-electron chi connectivity index (χ1n) is 8.47. The lowest BCUT2D eigenvalue weighted by atomic mass is 10.1. The van der Waals surface area contributed by atoms with Crippen LogP contribution in [-0.4, -0.2) is 32.3 Å². The summed E-state index contributed by atoms with van der Waals surface area (Å²) in [7, 11) is 2.86. The van der Waals surface area contributed by atoms with Crippen LogP contribution in [0, 0.1) is 0 Å². The highest BCUT2D eigenvalue weighted by Gasteiger charge is 2.13. The van der Waals surface area contributed by atoms with Gasteiger partial charge in [-0.15, -0.1) is 0 Å². The van der Waals surface area contributed by atoms with Crippen molar-refractivity contribution in [1.29, 1.82) is 0 Å². The molecule has 0 atom stereocenters. The van der Waals surface area contributed by atoms with E-state index in [0.29, 0.717) is 39.0 Å². The number of hydrogen-bond acceptors (Lipinski definition) is 6. The van der Waals surface area contributed by atoms with E-state index in [2.05, 4.69) is 10.5 Å². The van der Waals surface area contributed by atoms with E-state index in [-0.39, 0.29) is 5.91 Å². The summed E-state index contributed by atoms with van der Waals surface area (Å²) in [5, 5.41) is 4.31. The quantitative estimate of drug-likeness (QED) is 0.373. The zero-order valence-corrected chi connectivity index (χ0v) is 16.4.